The summed E-state index contributed by atoms with van der Waals surface area (Å²) in [5, 5.41) is 43.4. The standard InChI is InChI=1S/C26H20N6O9/c1-10(33)27-18-6-14-16(8-21(18)31(38)39)24-17-9-22(32(40)41)19(28-11(2)34)7-15(17)23(14)13-4-5-20(30(36)37)26(25(13)24)29-12(3)35/h4-9,23-24H,1-3H3,(H,27,33)(H,28,34)(H,29,35). The van der Waals surface area contributed by atoms with Crippen molar-refractivity contribution in [3.63, 3.8) is 0 Å². The molecule has 208 valence electrons. The molecule has 41 heavy (non-hydrogen) atoms. The fraction of sp³-hybridized carbons (Fsp3) is 0.192. The second-order valence-electron chi connectivity index (χ2n) is 9.64. The molecule has 0 radical (unpaired) electrons. The molecule has 3 amide bonds. The van der Waals surface area contributed by atoms with Crippen LogP contribution in [-0.2, 0) is 14.4 Å². The maximum atomic E-state index is 12.2. The van der Waals surface area contributed by atoms with Gasteiger partial charge in [-0.05, 0) is 45.5 Å². The van der Waals surface area contributed by atoms with E-state index in [2.05, 4.69) is 16.0 Å². The molecule has 0 saturated heterocycles. The fourth-order valence-electron chi connectivity index (χ4n) is 5.75. The Morgan fingerprint density at radius 1 is 0.585 bits per heavy atom. The van der Waals surface area contributed by atoms with Gasteiger partial charge in [-0.1, -0.05) is 6.07 Å². The van der Waals surface area contributed by atoms with E-state index >= 15 is 0 Å². The number of anilines is 3. The van der Waals surface area contributed by atoms with Gasteiger partial charge in [-0.25, -0.2) is 0 Å². The van der Waals surface area contributed by atoms with E-state index < -0.39 is 61.4 Å². The molecule has 6 rings (SSSR count). The Balaban J connectivity index is 1.91. The number of hydrogen-bond acceptors (Lipinski definition) is 9. The highest BCUT2D eigenvalue weighted by molar-refractivity contribution is 5.97. The van der Waals surface area contributed by atoms with Crippen molar-refractivity contribution in [1.82, 2.24) is 0 Å². The van der Waals surface area contributed by atoms with Crippen molar-refractivity contribution in [1.29, 1.82) is 0 Å². The number of nitro groups is 3. The summed E-state index contributed by atoms with van der Waals surface area (Å²) in [6, 6.07) is 8.07. The molecule has 3 aromatic carbocycles. The van der Waals surface area contributed by atoms with E-state index in [1.807, 2.05) is 0 Å². The molecule has 15 heteroatoms. The molecule has 3 N–H and O–H groups in total. The Bertz CT molecular complexity index is 1680. The topological polar surface area (TPSA) is 217 Å². The van der Waals surface area contributed by atoms with Crippen LogP contribution in [0.15, 0.2) is 36.4 Å². The average molecular weight is 560 g/mol. The zero-order valence-electron chi connectivity index (χ0n) is 21.6. The van der Waals surface area contributed by atoms with Crippen LogP contribution in [0.2, 0.25) is 0 Å². The predicted octanol–water partition coefficient (Wildman–Crippen LogP) is 4.27. The first kappa shape index (κ1) is 26.9. The van der Waals surface area contributed by atoms with Crippen LogP contribution in [0.3, 0.4) is 0 Å². The van der Waals surface area contributed by atoms with Gasteiger partial charge in [-0.2, -0.15) is 0 Å². The third-order valence-electron chi connectivity index (χ3n) is 7.02. The van der Waals surface area contributed by atoms with E-state index in [1.165, 1.54) is 57.2 Å². The zero-order valence-corrected chi connectivity index (χ0v) is 21.6. The van der Waals surface area contributed by atoms with Gasteiger partial charge in [0.05, 0.1) is 14.8 Å². The first-order chi connectivity index (χ1) is 19.3. The first-order valence-corrected chi connectivity index (χ1v) is 12.1. The van der Waals surface area contributed by atoms with Crippen LogP contribution in [-0.4, -0.2) is 32.5 Å². The minimum atomic E-state index is -1.02. The van der Waals surface area contributed by atoms with Gasteiger partial charge >= 0.3 is 0 Å². The van der Waals surface area contributed by atoms with E-state index in [4.69, 9.17) is 0 Å². The predicted molar refractivity (Wildman–Crippen MR) is 144 cm³/mol. The molecule has 3 aromatic rings. The SMILES string of the molecule is CC(=O)Nc1cc2c(cc1[N+](=O)[O-])C1c3cc([N+](=O)[O-])c(NC(C)=O)cc3C2c2ccc([N+](=O)[O-])c(NC(C)=O)c21. The van der Waals surface area contributed by atoms with Crippen molar-refractivity contribution in [2.45, 2.75) is 32.6 Å². The van der Waals surface area contributed by atoms with Crippen molar-refractivity contribution < 1.29 is 29.2 Å². The maximum Gasteiger partial charge on any atom is 0.293 e. The van der Waals surface area contributed by atoms with Crippen LogP contribution in [0.5, 0.6) is 0 Å². The van der Waals surface area contributed by atoms with Crippen molar-refractivity contribution in [3.8, 4) is 0 Å². The molecule has 0 fully saturated rings. The van der Waals surface area contributed by atoms with Crippen LogP contribution in [0.1, 0.15) is 66.0 Å². The lowest BCUT2D eigenvalue weighted by atomic mass is 9.60. The minimum absolute atomic E-state index is 0.0788. The molecular weight excluding hydrogens is 540 g/mol. The fourth-order valence-corrected chi connectivity index (χ4v) is 5.75. The number of carbonyl (C=O) groups is 3. The second kappa shape index (κ2) is 9.48. The number of nitrogens with zero attached hydrogens (tertiary/aromatic N) is 3. The number of hydrogen-bond donors (Lipinski definition) is 3. The summed E-state index contributed by atoms with van der Waals surface area (Å²) < 4.78 is 0. The van der Waals surface area contributed by atoms with Gasteiger partial charge in [-0.3, -0.25) is 44.7 Å². The smallest absolute Gasteiger partial charge is 0.293 e. The number of nitro benzene ring substituents is 3. The van der Waals surface area contributed by atoms with Gasteiger partial charge in [0, 0.05) is 50.8 Å². The molecule has 3 aliphatic carbocycles. The number of amides is 3. The summed E-state index contributed by atoms with van der Waals surface area (Å²) in [7, 11) is 0. The summed E-state index contributed by atoms with van der Waals surface area (Å²) in [4.78, 5) is 69.8. The van der Waals surface area contributed by atoms with Gasteiger partial charge in [0.1, 0.15) is 17.1 Å². The Morgan fingerprint density at radius 2 is 1.00 bits per heavy atom. The van der Waals surface area contributed by atoms with Crippen molar-refractivity contribution >= 4 is 51.8 Å². The lowest BCUT2D eigenvalue weighted by Crippen LogP contribution is -2.30. The molecule has 2 bridgehead atoms. The van der Waals surface area contributed by atoms with Crippen LogP contribution in [0.4, 0.5) is 34.1 Å². The summed E-state index contributed by atoms with van der Waals surface area (Å²) in [6.07, 6.45) is 0. The molecular formula is C26H20N6O9. The van der Waals surface area contributed by atoms with E-state index in [0.717, 1.165) is 0 Å². The largest absolute Gasteiger partial charge is 0.321 e. The third-order valence-corrected chi connectivity index (χ3v) is 7.02. The molecule has 15 nitrogen and oxygen atoms in total. The Kier molecular flexibility index (Phi) is 6.21. The number of nitrogens with one attached hydrogen (secondary N) is 3. The van der Waals surface area contributed by atoms with Crippen LogP contribution < -0.4 is 16.0 Å². The number of rotatable bonds is 6. The number of carbonyl (C=O) groups excluding carboxylic acids is 3. The Labute approximate surface area is 230 Å². The molecule has 0 saturated carbocycles. The zero-order chi connectivity index (χ0) is 29.9. The van der Waals surface area contributed by atoms with Crippen molar-refractivity contribution in [3.05, 3.63) is 100 Å². The highest BCUT2D eigenvalue weighted by atomic mass is 16.6. The average Bonchev–Trinajstić information content (AvgIpc) is 2.86. The Morgan fingerprint density at radius 3 is 1.39 bits per heavy atom. The van der Waals surface area contributed by atoms with Gasteiger partial charge in [-0.15, -0.1) is 0 Å². The van der Waals surface area contributed by atoms with Gasteiger partial charge in [0.2, 0.25) is 17.7 Å². The van der Waals surface area contributed by atoms with Crippen LogP contribution in [0.25, 0.3) is 0 Å². The monoisotopic (exact) mass is 560 g/mol. The maximum absolute atomic E-state index is 12.2. The normalized spacial score (nSPS) is 15.6. The van der Waals surface area contributed by atoms with Crippen molar-refractivity contribution in [2.24, 2.45) is 0 Å². The second-order valence-corrected chi connectivity index (χ2v) is 9.64. The molecule has 0 atom stereocenters. The third kappa shape index (κ3) is 4.28. The summed E-state index contributed by atoms with van der Waals surface area (Å²) in [5.41, 5.74) is 0.817. The summed E-state index contributed by atoms with van der Waals surface area (Å²) in [5.74, 6) is -3.52. The number of benzene rings is 3. The molecule has 3 aliphatic rings. The first-order valence-electron chi connectivity index (χ1n) is 12.1. The van der Waals surface area contributed by atoms with Crippen LogP contribution >= 0.6 is 0 Å². The molecule has 0 unspecified atom stereocenters. The Hall–Kier alpha value is -5.73. The molecule has 0 aliphatic heterocycles. The summed E-state index contributed by atoms with van der Waals surface area (Å²) in [6.45, 7) is 3.55. The molecule has 0 aromatic heterocycles. The van der Waals surface area contributed by atoms with Crippen LogP contribution in [0, 0.1) is 30.3 Å². The lowest BCUT2D eigenvalue weighted by molar-refractivity contribution is -0.384. The van der Waals surface area contributed by atoms with Gasteiger partial charge < -0.3 is 16.0 Å². The summed E-state index contributed by atoms with van der Waals surface area (Å²) >= 11 is 0. The van der Waals surface area contributed by atoms with E-state index in [-0.39, 0.29) is 22.6 Å². The van der Waals surface area contributed by atoms with Gasteiger partial charge in [0.25, 0.3) is 17.1 Å². The quantitative estimate of drug-likeness (QED) is 0.199. The van der Waals surface area contributed by atoms with E-state index in [1.54, 1.807) is 0 Å². The van der Waals surface area contributed by atoms with Crippen molar-refractivity contribution in [2.75, 3.05) is 16.0 Å². The lowest BCUT2D eigenvalue weighted by Gasteiger charge is -2.43. The van der Waals surface area contributed by atoms with E-state index in [0.29, 0.717) is 27.8 Å². The minimum Gasteiger partial charge on any atom is -0.321 e. The molecule has 0 spiro atoms. The highest BCUT2D eigenvalue weighted by Crippen LogP contribution is 2.61. The highest BCUT2D eigenvalue weighted by Gasteiger charge is 2.47. The van der Waals surface area contributed by atoms with E-state index in [9.17, 15) is 44.7 Å². The van der Waals surface area contributed by atoms with Gasteiger partial charge in [0.15, 0.2) is 0 Å². The molecule has 0 heterocycles.